The average Bonchev–Trinajstić information content (AvgIpc) is 3.15. The maximum atomic E-state index is 12.5. The summed E-state index contributed by atoms with van der Waals surface area (Å²) in [6.07, 6.45) is 1.94. The summed E-state index contributed by atoms with van der Waals surface area (Å²) in [5.41, 5.74) is 1.97. The number of hydrogen-bond donors (Lipinski definition) is 2. The number of carboxylic acids is 1. The zero-order valence-corrected chi connectivity index (χ0v) is 14.1. The number of nitrogens with zero attached hydrogens (tertiary/aromatic N) is 1. The Labute approximate surface area is 144 Å². The highest BCUT2D eigenvalue weighted by atomic mass is 32.2. The lowest BCUT2D eigenvalue weighted by Gasteiger charge is -2.12. The Balaban J connectivity index is 1.85. The van der Waals surface area contributed by atoms with Crippen LogP contribution in [0.15, 0.2) is 53.4 Å². The van der Waals surface area contributed by atoms with E-state index >= 15 is 0 Å². The molecule has 1 aliphatic rings. The summed E-state index contributed by atoms with van der Waals surface area (Å²) in [7, 11) is -3.85. The summed E-state index contributed by atoms with van der Waals surface area (Å²) in [4.78, 5) is 11.9. The van der Waals surface area contributed by atoms with E-state index in [1.165, 1.54) is 18.2 Å². The van der Waals surface area contributed by atoms with Crippen LogP contribution in [0.1, 0.15) is 22.5 Å². The molecule has 0 atom stereocenters. The van der Waals surface area contributed by atoms with Crippen molar-refractivity contribution >= 4 is 32.6 Å². The molecule has 2 N–H and O–H groups in total. The van der Waals surface area contributed by atoms with Gasteiger partial charge in [-0.2, -0.15) is 0 Å². The Morgan fingerprint density at radius 2 is 1.88 bits per heavy atom. The summed E-state index contributed by atoms with van der Waals surface area (Å²) in [5, 5.41) is 10.2. The van der Waals surface area contributed by atoms with Gasteiger partial charge >= 0.3 is 5.97 Å². The van der Waals surface area contributed by atoms with Crippen LogP contribution in [0.4, 0.5) is 5.69 Å². The van der Waals surface area contributed by atoms with Crippen molar-refractivity contribution in [2.75, 3.05) is 4.72 Å². The molecule has 0 amide bonds. The monoisotopic (exact) mass is 356 g/mol. The Morgan fingerprint density at radius 1 is 1.12 bits per heavy atom. The number of sulfonamides is 1. The molecular formula is C18H16N2O4S. The molecule has 0 spiro atoms. The summed E-state index contributed by atoms with van der Waals surface area (Å²) in [6.45, 7) is 0.854. The Hall–Kier alpha value is -2.80. The van der Waals surface area contributed by atoms with Crippen molar-refractivity contribution in [3.8, 4) is 0 Å². The zero-order valence-electron chi connectivity index (χ0n) is 13.3. The van der Waals surface area contributed by atoms with Gasteiger partial charge in [-0.05, 0) is 43.2 Å². The second-order valence-electron chi connectivity index (χ2n) is 6.04. The second-order valence-corrected chi connectivity index (χ2v) is 7.72. The van der Waals surface area contributed by atoms with Crippen molar-refractivity contribution in [3.05, 3.63) is 59.8 Å². The fourth-order valence-electron chi connectivity index (χ4n) is 3.40. The lowest BCUT2D eigenvalue weighted by Crippen LogP contribution is -2.15. The highest BCUT2D eigenvalue weighted by Crippen LogP contribution is 2.33. The van der Waals surface area contributed by atoms with Crippen LogP contribution in [0.2, 0.25) is 0 Å². The number of nitrogens with one attached hydrogen (secondary N) is 1. The number of carbonyl (C=O) groups is 1. The number of aromatic nitrogens is 1. The van der Waals surface area contributed by atoms with Crippen LogP contribution in [-0.2, 0) is 23.0 Å². The third kappa shape index (κ3) is 2.56. The number of benzene rings is 2. The molecule has 25 heavy (non-hydrogen) atoms. The summed E-state index contributed by atoms with van der Waals surface area (Å²) < 4.78 is 29.6. The molecular weight excluding hydrogens is 340 g/mol. The Bertz CT molecular complexity index is 1090. The third-order valence-electron chi connectivity index (χ3n) is 4.50. The van der Waals surface area contributed by atoms with E-state index in [-0.39, 0.29) is 16.1 Å². The smallest absolute Gasteiger partial charge is 0.338 e. The number of fused-ring (bicyclic) bond motifs is 3. The fourth-order valence-corrected chi connectivity index (χ4v) is 4.49. The van der Waals surface area contributed by atoms with E-state index in [2.05, 4.69) is 9.29 Å². The first-order valence-electron chi connectivity index (χ1n) is 7.94. The van der Waals surface area contributed by atoms with Gasteiger partial charge in [-0.15, -0.1) is 0 Å². The molecule has 7 heteroatoms. The minimum atomic E-state index is -3.85. The van der Waals surface area contributed by atoms with E-state index in [0.29, 0.717) is 5.39 Å². The van der Waals surface area contributed by atoms with E-state index in [4.69, 9.17) is 0 Å². The van der Waals surface area contributed by atoms with Crippen molar-refractivity contribution in [3.63, 3.8) is 0 Å². The molecule has 0 fully saturated rings. The maximum Gasteiger partial charge on any atom is 0.338 e. The molecule has 0 unspecified atom stereocenters. The van der Waals surface area contributed by atoms with Gasteiger partial charge in [0.15, 0.2) is 0 Å². The van der Waals surface area contributed by atoms with Gasteiger partial charge in [-0.1, -0.05) is 18.2 Å². The Morgan fingerprint density at radius 3 is 2.60 bits per heavy atom. The lowest BCUT2D eigenvalue weighted by atomic mass is 10.1. The number of aromatic carboxylic acids is 1. The number of rotatable bonds is 4. The van der Waals surface area contributed by atoms with Gasteiger partial charge in [0, 0.05) is 23.1 Å². The first kappa shape index (κ1) is 15.7. The molecule has 0 aliphatic carbocycles. The van der Waals surface area contributed by atoms with Crippen LogP contribution in [-0.4, -0.2) is 24.1 Å². The maximum absolute atomic E-state index is 12.5. The van der Waals surface area contributed by atoms with Crippen molar-refractivity contribution in [1.29, 1.82) is 0 Å². The molecule has 1 aliphatic heterocycles. The first-order valence-corrected chi connectivity index (χ1v) is 9.42. The summed E-state index contributed by atoms with van der Waals surface area (Å²) >= 11 is 0. The van der Waals surface area contributed by atoms with Gasteiger partial charge in [-0.3, -0.25) is 4.72 Å². The van der Waals surface area contributed by atoms with Crippen LogP contribution < -0.4 is 4.72 Å². The average molecular weight is 356 g/mol. The highest BCUT2D eigenvalue weighted by Gasteiger charge is 2.24. The topological polar surface area (TPSA) is 88.4 Å². The molecule has 0 saturated carbocycles. The van der Waals surface area contributed by atoms with Gasteiger partial charge in [-0.25, -0.2) is 13.2 Å². The number of hydrogen-bond acceptors (Lipinski definition) is 3. The van der Waals surface area contributed by atoms with Gasteiger partial charge < -0.3 is 9.67 Å². The molecule has 2 heterocycles. The number of carboxylic acid groups (broad SMARTS) is 1. The largest absolute Gasteiger partial charge is 0.478 e. The van der Waals surface area contributed by atoms with Gasteiger partial charge in [0.1, 0.15) is 0 Å². The minimum absolute atomic E-state index is 0.0149. The first-order chi connectivity index (χ1) is 12.0. The van der Waals surface area contributed by atoms with Crippen LogP contribution in [0.3, 0.4) is 0 Å². The van der Waals surface area contributed by atoms with Crippen molar-refractivity contribution in [2.45, 2.75) is 24.3 Å². The third-order valence-corrected chi connectivity index (χ3v) is 5.88. The summed E-state index contributed by atoms with van der Waals surface area (Å²) in [6, 6.07) is 13.0. The molecule has 128 valence electrons. The molecule has 0 bridgehead atoms. The lowest BCUT2D eigenvalue weighted by molar-refractivity contribution is 0.0700. The predicted molar refractivity (Wildman–Crippen MR) is 94.5 cm³/mol. The van der Waals surface area contributed by atoms with E-state index in [9.17, 15) is 18.3 Å². The molecule has 0 radical (unpaired) electrons. The molecule has 2 aromatic carbocycles. The van der Waals surface area contributed by atoms with E-state index in [1.54, 1.807) is 24.3 Å². The SMILES string of the molecule is O=C(O)c1c(NS(=O)(=O)c2ccccc2)ccc2c1cc1n2CCC1. The Kier molecular flexibility index (Phi) is 3.54. The normalized spacial score (nSPS) is 13.8. The van der Waals surface area contributed by atoms with E-state index < -0.39 is 16.0 Å². The summed E-state index contributed by atoms with van der Waals surface area (Å²) in [5.74, 6) is -1.15. The quantitative estimate of drug-likeness (QED) is 0.752. The fraction of sp³-hybridized carbons (Fsp3) is 0.167. The number of anilines is 1. The predicted octanol–water partition coefficient (Wildman–Crippen LogP) is 3.09. The van der Waals surface area contributed by atoms with E-state index in [1.807, 2.05) is 6.07 Å². The molecule has 6 nitrogen and oxygen atoms in total. The van der Waals surface area contributed by atoms with Gasteiger partial charge in [0.05, 0.1) is 16.1 Å². The zero-order chi connectivity index (χ0) is 17.6. The molecule has 4 rings (SSSR count). The van der Waals surface area contributed by atoms with Crippen molar-refractivity contribution in [1.82, 2.24) is 4.57 Å². The molecule has 3 aromatic rings. The van der Waals surface area contributed by atoms with Gasteiger partial charge in [0.2, 0.25) is 0 Å². The molecule has 1 aromatic heterocycles. The van der Waals surface area contributed by atoms with Crippen LogP contribution in [0.5, 0.6) is 0 Å². The van der Waals surface area contributed by atoms with Crippen molar-refractivity contribution < 1.29 is 18.3 Å². The van der Waals surface area contributed by atoms with Gasteiger partial charge in [0.25, 0.3) is 10.0 Å². The van der Waals surface area contributed by atoms with E-state index in [0.717, 1.165) is 30.6 Å². The molecule has 0 saturated heterocycles. The minimum Gasteiger partial charge on any atom is -0.478 e. The van der Waals surface area contributed by atoms with Crippen LogP contribution in [0.25, 0.3) is 10.9 Å². The second kappa shape index (κ2) is 5.63. The van der Waals surface area contributed by atoms with Crippen LogP contribution in [0, 0.1) is 0 Å². The number of aryl methyl sites for hydroxylation is 2. The van der Waals surface area contributed by atoms with Crippen LogP contribution >= 0.6 is 0 Å². The van der Waals surface area contributed by atoms with Crippen molar-refractivity contribution in [2.24, 2.45) is 0 Å². The highest BCUT2D eigenvalue weighted by molar-refractivity contribution is 7.92. The standard InChI is InChI=1S/C18H16N2O4S/c21-18(22)17-14-11-12-5-4-10-20(12)16(14)9-8-15(17)19-25(23,24)13-6-2-1-3-7-13/h1-3,6-9,11,19H,4-5,10H2,(H,21,22).